The van der Waals surface area contributed by atoms with Crippen molar-refractivity contribution in [3.63, 3.8) is 0 Å². The van der Waals surface area contributed by atoms with Crippen LogP contribution >= 0.6 is 0 Å². The number of anilines is 1. The number of ether oxygens (including phenoxy) is 1. The zero-order chi connectivity index (χ0) is 17.9. The number of H-pyrrole nitrogens is 1. The molecule has 6 nitrogen and oxygen atoms in total. The number of rotatable bonds is 2. The molecule has 1 aliphatic heterocycles. The Morgan fingerprint density at radius 1 is 1.12 bits per heavy atom. The topological polar surface area (TPSA) is 61.5 Å². The fraction of sp³-hybridized carbons (Fsp3) is 0.474. The van der Waals surface area contributed by atoms with Gasteiger partial charge in [-0.2, -0.15) is 5.10 Å². The fourth-order valence-corrected chi connectivity index (χ4v) is 3.00. The first kappa shape index (κ1) is 17.3. The molecule has 2 heterocycles. The van der Waals surface area contributed by atoms with E-state index in [1.807, 2.05) is 45.2 Å². The Labute approximate surface area is 148 Å². The van der Waals surface area contributed by atoms with Crippen molar-refractivity contribution in [3.8, 4) is 11.1 Å². The van der Waals surface area contributed by atoms with Crippen LogP contribution in [0.2, 0.25) is 0 Å². The van der Waals surface area contributed by atoms with E-state index in [1.165, 1.54) is 0 Å². The summed E-state index contributed by atoms with van der Waals surface area (Å²) < 4.78 is 5.50. The number of aromatic nitrogens is 2. The summed E-state index contributed by atoms with van der Waals surface area (Å²) in [5.41, 5.74) is 1.76. The third-order valence-corrected chi connectivity index (χ3v) is 4.17. The van der Waals surface area contributed by atoms with E-state index in [2.05, 4.69) is 27.2 Å². The van der Waals surface area contributed by atoms with Crippen molar-refractivity contribution in [2.75, 3.05) is 31.1 Å². The third-order valence-electron chi connectivity index (χ3n) is 4.17. The molecule has 0 saturated carbocycles. The summed E-state index contributed by atoms with van der Waals surface area (Å²) in [7, 11) is 0. The van der Waals surface area contributed by atoms with Crippen LogP contribution in [0.3, 0.4) is 0 Å². The quantitative estimate of drug-likeness (QED) is 0.907. The molecule has 134 valence electrons. The van der Waals surface area contributed by atoms with Gasteiger partial charge in [-0.15, -0.1) is 0 Å². The molecule has 0 bridgehead atoms. The van der Waals surface area contributed by atoms with Gasteiger partial charge in [-0.3, -0.25) is 5.10 Å². The van der Waals surface area contributed by atoms with Gasteiger partial charge in [0.15, 0.2) is 0 Å². The zero-order valence-electron chi connectivity index (χ0n) is 15.2. The second kappa shape index (κ2) is 7.17. The number of hydrogen-bond donors (Lipinski definition) is 1. The number of amides is 1. The molecule has 6 heteroatoms. The predicted octanol–water partition coefficient (Wildman–Crippen LogP) is 3.52. The summed E-state index contributed by atoms with van der Waals surface area (Å²) >= 11 is 0. The highest BCUT2D eigenvalue weighted by molar-refractivity contribution is 5.75. The second-order valence-electron chi connectivity index (χ2n) is 7.31. The number of nitrogens with zero attached hydrogens (tertiary/aromatic N) is 3. The van der Waals surface area contributed by atoms with Gasteiger partial charge >= 0.3 is 6.09 Å². The van der Waals surface area contributed by atoms with E-state index in [-0.39, 0.29) is 6.09 Å². The fourth-order valence-electron chi connectivity index (χ4n) is 3.00. The van der Waals surface area contributed by atoms with E-state index in [1.54, 1.807) is 4.90 Å². The molecule has 2 aromatic rings. The summed E-state index contributed by atoms with van der Waals surface area (Å²) in [5.74, 6) is 1.01. The van der Waals surface area contributed by atoms with Crippen LogP contribution < -0.4 is 4.90 Å². The number of carbonyl (C=O) groups is 1. The van der Waals surface area contributed by atoms with Crippen LogP contribution in [0.1, 0.15) is 27.2 Å². The van der Waals surface area contributed by atoms with Gasteiger partial charge < -0.3 is 14.5 Å². The Bertz CT molecular complexity index is 706. The lowest BCUT2D eigenvalue weighted by Crippen LogP contribution is -2.39. The molecule has 0 unspecified atom stereocenters. The molecule has 1 amide bonds. The van der Waals surface area contributed by atoms with E-state index in [0.29, 0.717) is 13.1 Å². The Kier molecular flexibility index (Phi) is 4.97. The van der Waals surface area contributed by atoms with Crippen molar-refractivity contribution < 1.29 is 9.53 Å². The lowest BCUT2D eigenvalue weighted by atomic mass is 10.1. The van der Waals surface area contributed by atoms with Crippen LogP contribution in [0, 0.1) is 0 Å². The number of carbonyl (C=O) groups excluding carboxylic acids is 1. The van der Waals surface area contributed by atoms with Crippen molar-refractivity contribution >= 4 is 11.9 Å². The molecule has 0 radical (unpaired) electrons. The second-order valence-corrected chi connectivity index (χ2v) is 7.31. The van der Waals surface area contributed by atoms with Crippen LogP contribution in [0.25, 0.3) is 11.1 Å². The largest absolute Gasteiger partial charge is 0.444 e. The summed E-state index contributed by atoms with van der Waals surface area (Å²) in [6, 6.07) is 10.2. The van der Waals surface area contributed by atoms with Gasteiger partial charge in [-0.05, 0) is 32.8 Å². The normalized spacial score (nSPS) is 15.8. The Hall–Kier alpha value is -2.50. The Balaban J connectivity index is 1.70. The van der Waals surface area contributed by atoms with Gasteiger partial charge in [0.2, 0.25) is 0 Å². The van der Waals surface area contributed by atoms with Crippen LogP contribution in [-0.2, 0) is 4.74 Å². The predicted molar refractivity (Wildman–Crippen MR) is 98.7 cm³/mol. The third kappa shape index (κ3) is 4.32. The van der Waals surface area contributed by atoms with E-state index >= 15 is 0 Å². The maximum absolute atomic E-state index is 12.3. The van der Waals surface area contributed by atoms with Gasteiger partial charge in [0.25, 0.3) is 0 Å². The molecule has 1 aliphatic rings. The first-order valence-corrected chi connectivity index (χ1v) is 8.76. The molecule has 1 N–H and O–H groups in total. The van der Waals surface area contributed by atoms with Crippen LogP contribution in [0.5, 0.6) is 0 Å². The van der Waals surface area contributed by atoms with Crippen molar-refractivity contribution in [2.24, 2.45) is 0 Å². The van der Waals surface area contributed by atoms with Crippen LogP contribution in [0.15, 0.2) is 36.5 Å². The Morgan fingerprint density at radius 2 is 1.88 bits per heavy atom. The molecule has 0 atom stereocenters. The molecular formula is C19H26N4O2. The van der Waals surface area contributed by atoms with Crippen molar-refractivity contribution in [1.29, 1.82) is 0 Å². The van der Waals surface area contributed by atoms with E-state index in [4.69, 9.17) is 4.74 Å². The summed E-state index contributed by atoms with van der Waals surface area (Å²) in [5, 5.41) is 7.36. The lowest BCUT2D eigenvalue weighted by molar-refractivity contribution is 0.0263. The molecule has 0 aliphatic carbocycles. The van der Waals surface area contributed by atoms with Crippen LogP contribution in [-0.4, -0.2) is 53.0 Å². The standard InChI is InChI=1S/C19H26N4O2/c1-19(2,3)25-18(24)23-11-7-10-22(12-13-23)17-16(14-20-21-17)15-8-5-4-6-9-15/h4-6,8-9,14H,7,10-13H2,1-3H3,(H,20,21). The van der Waals surface area contributed by atoms with Crippen molar-refractivity contribution in [2.45, 2.75) is 32.8 Å². The van der Waals surface area contributed by atoms with E-state index in [9.17, 15) is 4.79 Å². The molecular weight excluding hydrogens is 316 g/mol. The van der Waals surface area contributed by atoms with E-state index < -0.39 is 5.60 Å². The minimum atomic E-state index is -0.465. The molecule has 1 aromatic heterocycles. The lowest BCUT2D eigenvalue weighted by Gasteiger charge is -2.26. The molecule has 3 rings (SSSR count). The molecule has 1 fully saturated rings. The van der Waals surface area contributed by atoms with Gasteiger partial charge in [0, 0.05) is 31.7 Å². The maximum atomic E-state index is 12.3. The minimum absolute atomic E-state index is 0.234. The van der Waals surface area contributed by atoms with Crippen molar-refractivity contribution in [1.82, 2.24) is 15.1 Å². The highest BCUT2D eigenvalue weighted by atomic mass is 16.6. The SMILES string of the molecule is CC(C)(C)OC(=O)N1CCCN(c2[nH]ncc2-c2ccccc2)CC1. The number of nitrogens with one attached hydrogen (secondary N) is 1. The van der Waals surface area contributed by atoms with Crippen molar-refractivity contribution in [3.05, 3.63) is 36.5 Å². The smallest absolute Gasteiger partial charge is 0.410 e. The van der Waals surface area contributed by atoms with Gasteiger partial charge in [-0.25, -0.2) is 4.79 Å². The molecule has 1 saturated heterocycles. The molecule has 1 aromatic carbocycles. The first-order chi connectivity index (χ1) is 11.9. The highest BCUT2D eigenvalue weighted by Crippen LogP contribution is 2.29. The molecule has 0 spiro atoms. The zero-order valence-corrected chi connectivity index (χ0v) is 15.2. The first-order valence-electron chi connectivity index (χ1n) is 8.76. The average Bonchev–Trinajstić information content (AvgIpc) is 2.91. The number of hydrogen-bond acceptors (Lipinski definition) is 4. The van der Waals surface area contributed by atoms with E-state index in [0.717, 1.165) is 36.5 Å². The number of aromatic amines is 1. The monoisotopic (exact) mass is 342 g/mol. The van der Waals surface area contributed by atoms with Gasteiger partial charge in [0.05, 0.1) is 6.20 Å². The Morgan fingerprint density at radius 3 is 2.60 bits per heavy atom. The van der Waals surface area contributed by atoms with Gasteiger partial charge in [-0.1, -0.05) is 30.3 Å². The summed E-state index contributed by atoms with van der Waals surface area (Å²) in [6.45, 7) is 8.66. The summed E-state index contributed by atoms with van der Waals surface area (Å²) in [6.07, 6.45) is 2.52. The molecule has 25 heavy (non-hydrogen) atoms. The van der Waals surface area contributed by atoms with Gasteiger partial charge in [0.1, 0.15) is 11.4 Å². The minimum Gasteiger partial charge on any atom is -0.444 e. The maximum Gasteiger partial charge on any atom is 0.410 e. The average molecular weight is 342 g/mol. The summed E-state index contributed by atoms with van der Waals surface area (Å²) in [4.78, 5) is 16.4. The van der Waals surface area contributed by atoms with Crippen LogP contribution in [0.4, 0.5) is 10.6 Å². The number of benzene rings is 1. The highest BCUT2D eigenvalue weighted by Gasteiger charge is 2.25.